The molecule has 0 aromatic carbocycles. The first kappa shape index (κ1) is 14.0. The standard InChI is InChI=1S/C14H29NO/c1-4-7-9-13(6-3)14-15(10-8-5-2)11-12-16-14/h13-14H,4-12H2,1-3H3. The van der Waals surface area contributed by atoms with Crippen LogP contribution < -0.4 is 0 Å². The van der Waals surface area contributed by atoms with Crippen molar-refractivity contribution in [3.8, 4) is 0 Å². The first-order chi connectivity index (χ1) is 7.83. The molecule has 0 aromatic rings. The summed E-state index contributed by atoms with van der Waals surface area (Å²) < 4.78 is 5.94. The van der Waals surface area contributed by atoms with Crippen molar-refractivity contribution < 1.29 is 4.74 Å². The Morgan fingerprint density at radius 2 is 1.94 bits per heavy atom. The number of nitrogens with zero attached hydrogens (tertiary/aromatic N) is 1. The molecule has 16 heavy (non-hydrogen) atoms. The lowest BCUT2D eigenvalue weighted by molar-refractivity contribution is -0.0184. The first-order valence-corrected chi connectivity index (χ1v) is 7.19. The molecule has 0 N–H and O–H groups in total. The smallest absolute Gasteiger partial charge is 0.113 e. The summed E-state index contributed by atoms with van der Waals surface area (Å²) in [5.41, 5.74) is 0. The van der Waals surface area contributed by atoms with Crippen LogP contribution in [0.5, 0.6) is 0 Å². The van der Waals surface area contributed by atoms with Crippen molar-refractivity contribution >= 4 is 0 Å². The van der Waals surface area contributed by atoms with Crippen molar-refractivity contribution in [2.75, 3.05) is 19.7 Å². The fraction of sp³-hybridized carbons (Fsp3) is 1.00. The van der Waals surface area contributed by atoms with Crippen molar-refractivity contribution in [2.24, 2.45) is 5.92 Å². The van der Waals surface area contributed by atoms with Crippen LogP contribution in [0, 0.1) is 5.92 Å². The molecule has 1 aliphatic heterocycles. The fourth-order valence-corrected chi connectivity index (χ4v) is 2.57. The van der Waals surface area contributed by atoms with Crippen LogP contribution in [0.1, 0.15) is 59.3 Å². The maximum absolute atomic E-state index is 5.94. The topological polar surface area (TPSA) is 12.5 Å². The lowest BCUT2D eigenvalue weighted by atomic mass is 9.97. The van der Waals surface area contributed by atoms with E-state index in [4.69, 9.17) is 4.74 Å². The van der Waals surface area contributed by atoms with Gasteiger partial charge in [-0.05, 0) is 25.2 Å². The highest BCUT2D eigenvalue weighted by Crippen LogP contribution is 2.25. The maximum Gasteiger partial charge on any atom is 0.113 e. The molecule has 0 radical (unpaired) electrons. The average molecular weight is 227 g/mol. The maximum atomic E-state index is 5.94. The number of unbranched alkanes of at least 4 members (excludes halogenated alkanes) is 2. The molecule has 2 atom stereocenters. The van der Waals surface area contributed by atoms with E-state index in [1.807, 2.05) is 0 Å². The Kier molecular flexibility index (Phi) is 7.06. The van der Waals surface area contributed by atoms with Gasteiger partial charge in [0.15, 0.2) is 0 Å². The van der Waals surface area contributed by atoms with E-state index in [2.05, 4.69) is 25.7 Å². The largest absolute Gasteiger partial charge is 0.362 e. The van der Waals surface area contributed by atoms with E-state index in [0.29, 0.717) is 6.23 Å². The average Bonchev–Trinajstić information content (AvgIpc) is 2.76. The molecule has 1 fully saturated rings. The quantitative estimate of drug-likeness (QED) is 0.627. The third-order valence-corrected chi connectivity index (χ3v) is 3.68. The molecule has 2 nitrogen and oxygen atoms in total. The van der Waals surface area contributed by atoms with Gasteiger partial charge >= 0.3 is 0 Å². The van der Waals surface area contributed by atoms with Gasteiger partial charge in [0.25, 0.3) is 0 Å². The summed E-state index contributed by atoms with van der Waals surface area (Å²) in [5.74, 6) is 0.749. The van der Waals surface area contributed by atoms with Gasteiger partial charge in [-0.2, -0.15) is 0 Å². The Hall–Kier alpha value is -0.0800. The predicted molar refractivity (Wildman–Crippen MR) is 69.5 cm³/mol. The molecular weight excluding hydrogens is 198 g/mol. The van der Waals surface area contributed by atoms with Gasteiger partial charge in [0.05, 0.1) is 6.61 Å². The van der Waals surface area contributed by atoms with Crippen LogP contribution in [0.25, 0.3) is 0 Å². The first-order valence-electron chi connectivity index (χ1n) is 7.19. The Bertz CT molecular complexity index is 172. The van der Waals surface area contributed by atoms with E-state index < -0.39 is 0 Å². The summed E-state index contributed by atoms with van der Waals surface area (Å²) in [6.45, 7) is 10.2. The zero-order valence-electron chi connectivity index (χ0n) is 11.4. The summed E-state index contributed by atoms with van der Waals surface area (Å²) in [7, 11) is 0. The third kappa shape index (κ3) is 4.06. The van der Waals surface area contributed by atoms with Gasteiger partial charge in [-0.1, -0.05) is 40.0 Å². The second-order valence-corrected chi connectivity index (χ2v) is 4.96. The lowest BCUT2D eigenvalue weighted by Gasteiger charge is -2.29. The van der Waals surface area contributed by atoms with Gasteiger partial charge in [0, 0.05) is 13.1 Å². The van der Waals surface area contributed by atoms with Gasteiger partial charge in [-0.3, -0.25) is 4.90 Å². The molecule has 2 unspecified atom stereocenters. The Labute approximate surface area is 101 Å². The van der Waals surface area contributed by atoms with Crippen LogP contribution in [0.3, 0.4) is 0 Å². The van der Waals surface area contributed by atoms with E-state index in [0.717, 1.165) is 19.1 Å². The normalized spacial score (nSPS) is 23.8. The lowest BCUT2D eigenvalue weighted by Crippen LogP contribution is -2.37. The Balaban J connectivity index is 2.40. The third-order valence-electron chi connectivity index (χ3n) is 3.68. The monoisotopic (exact) mass is 227 g/mol. The predicted octanol–water partition coefficient (Wildman–Crippen LogP) is 3.66. The van der Waals surface area contributed by atoms with Crippen LogP contribution in [-0.2, 0) is 4.74 Å². The number of ether oxygens (including phenoxy) is 1. The highest BCUT2D eigenvalue weighted by Gasteiger charge is 2.30. The molecule has 1 saturated heterocycles. The van der Waals surface area contributed by atoms with E-state index in [1.165, 1.54) is 45.1 Å². The molecule has 1 heterocycles. The summed E-state index contributed by atoms with van der Waals surface area (Å²) in [6.07, 6.45) is 8.26. The van der Waals surface area contributed by atoms with E-state index in [1.54, 1.807) is 0 Å². The molecule has 0 saturated carbocycles. The van der Waals surface area contributed by atoms with Crippen molar-refractivity contribution in [1.82, 2.24) is 4.90 Å². The van der Waals surface area contributed by atoms with Gasteiger partial charge in [-0.25, -0.2) is 0 Å². The summed E-state index contributed by atoms with van der Waals surface area (Å²) in [4.78, 5) is 2.56. The molecule has 0 aliphatic carbocycles. The van der Waals surface area contributed by atoms with Gasteiger partial charge in [0.2, 0.25) is 0 Å². The van der Waals surface area contributed by atoms with Crippen LogP contribution in [0.4, 0.5) is 0 Å². The summed E-state index contributed by atoms with van der Waals surface area (Å²) in [6, 6.07) is 0. The van der Waals surface area contributed by atoms with E-state index >= 15 is 0 Å². The van der Waals surface area contributed by atoms with Gasteiger partial charge in [0.1, 0.15) is 6.23 Å². The van der Waals surface area contributed by atoms with Crippen molar-refractivity contribution in [1.29, 1.82) is 0 Å². The molecule has 0 bridgehead atoms. The summed E-state index contributed by atoms with van der Waals surface area (Å²) in [5, 5.41) is 0. The minimum atomic E-state index is 0.420. The van der Waals surface area contributed by atoms with E-state index in [-0.39, 0.29) is 0 Å². The number of rotatable bonds is 8. The molecule has 2 heteroatoms. The molecule has 96 valence electrons. The highest BCUT2D eigenvalue weighted by atomic mass is 16.5. The molecular formula is C14H29NO. The van der Waals surface area contributed by atoms with Crippen LogP contribution in [-0.4, -0.2) is 30.8 Å². The fourth-order valence-electron chi connectivity index (χ4n) is 2.57. The zero-order chi connectivity index (χ0) is 11.8. The van der Waals surface area contributed by atoms with Crippen LogP contribution >= 0.6 is 0 Å². The number of hydrogen-bond donors (Lipinski definition) is 0. The van der Waals surface area contributed by atoms with Crippen molar-refractivity contribution in [3.05, 3.63) is 0 Å². The minimum absolute atomic E-state index is 0.420. The van der Waals surface area contributed by atoms with Crippen LogP contribution in [0.15, 0.2) is 0 Å². The highest BCUT2D eigenvalue weighted by molar-refractivity contribution is 4.76. The second-order valence-electron chi connectivity index (χ2n) is 4.96. The van der Waals surface area contributed by atoms with Crippen molar-refractivity contribution in [3.63, 3.8) is 0 Å². The van der Waals surface area contributed by atoms with Gasteiger partial charge in [-0.15, -0.1) is 0 Å². The minimum Gasteiger partial charge on any atom is -0.362 e. The Morgan fingerprint density at radius 3 is 2.56 bits per heavy atom. The number of hydrogen-bond acceptors (Lipinski definition) is 2. The van der Waals surface area contributed by atoms with Gasteiger partial charge < -0.3 is 4.74 Å². The Morgan fingerprint density at radius 1 is 1.19 bits per heavy atom. The van der Waals surface area contributed by atoms with E-state index in [9.17, 15) is 0 Å². The molecule has 0 amide bonds. The van der Waals surface area contributed by atoms with Crippen molar-refractivity contribution in [2.45, 2.75) is 65.5 Å². The molecule has 0 spiro atoms. The molecule has 0 aromatic heterocycles. The SMILES string of the molecule is CCCCC(CC)C1OCCN1CCCC. The molecule has 1 rings (SSSR count). The zero-order valence-corrected chi connectivity index (χ0v) is 11.4. The second kappa shape index (κ2) is 8.08. The molecule has 1 aliphatic rings. The summed E-state index contributed by atoms with van der Waals surface area (Å²) >= 11 is 0. The van der Waals surface area contributed by atoms with Crippen LogP contribution in [0.2, 0.25) is 0 Å².